The van der Waals surface area contributed by atoms with Crippen molar-refractivity contribution in [3.05, 3.63) is 94.1 Å². The fraction of sp³-hybridized carbons (Fsp3) is 0.241. The first-order valence-corrected chi connectivity index (χ1v) is 12.5. The van der Waals surface area contributed by atoms with Crippen LogP contribution < -0.4 is 19.7 Å². The predicted molar refractivity (Wildman–Crippen MR) is 141 cm³/mol. The van der Waals surface area contributed by atoms with Gasteiger partial charge in [-0.1, -0.05) is 41.9 Å². The quantitative estimate of drug-likeness (QED) is 0.382. The molecule has 1 N–H and O–H groups in total. The monoisotopic (exact) mass is 556 g/mol. The summed E-state index contributed by atoms with van der Waals surface area (Å²) >= 11 is 6.06. The maximum absolute atomic E-state index is 14.0. The number of allylic oxidation sites excluding steroid dienone is 1. The van der Waals surface area contributed by atoms with Crippen molar-refractivity contribution in [1.82, 2.24) is 0 Å². The molecule has 0 bridgehead atoms. The van der Waals surface area contributed by atoms with Crippen LogP contribution in [-0.2, 0) is 9.59 Å². The van der Waals surface area contributed by atoms with Crippen molar-refractivity contribution in [2.75, 3.05) is 24.4 Å². The molecule has 10 heteroatoms. The number of hydrogen-bond donors (Lipinski definition) is 1. The lowest BCUT2D eigenvalue weighted by Gasteiger charge is -2.35. The minimum absolute atomic E-state index is 0.0182. The van der Waals surface area contributed by atoms with Crippen molar-refractivity contribution in [3.63, 3.8) is 0 Å². The Morgan fingerprint density at radius 3 is 2.28 bits per heavy atom. The number of anilines is 2. The summed E-state index contributed by atoms with van der Waals surface area (Å²) in [7, 11) is 3.04. The van der Waals surface area contributed by atoms with Crippen LogP contribution in [0.25, 0.3) is 0 Å². The zero-order valence-electron chi connectivity index (χ0n) is 21.0. The molecule has 5 rings (SSSR count). The number of methoxy groups -OCH3 is 2. The summed E-state index contributed by atoms with van der Waals surface area (Å²) in [6.45, 7) is 0. The standard InChI is InChI=1S/C29H24ClF3N2O4/c1-38-24-12-9-17(15-25(24)39-2)18-13-21-26(23(36)14-18)27(16-7-10-19(30)11-8-16)35(28(37)29(31,32)33)22-6-4-3-5-20(22)34-21/h3-12,15,18,27,34H,13-14H2,1-2H3/t18-,27-/m1/s1. The molecular formula is C29H24ClF3N2O4. The number of benzene rings is 3. The largest absolute Gasteiger partial charge is 0.493 e. The Hall–Kier alpha value is -3.98. The van der Waals surface area contributed by atoms with E-state index < -0.39 is 18.1 Å². The molecule has 0 spiro atoms. The van der Waals surface area contributed by atoms with E-state index in [1.807, 2.05) is 6.07 Å². The van der Waals surface area contributed by atoms with Crippen LogP contribution in [0.3, 0.4) is 0 Å². The van der Waals surface area contributed by atoms with Gasteiger partial charge in [0.1, 0.15) is 0 Å². The van der Waals surface area contributed by atoms with Gasteiger partial charge in [-0.2, -0.15) is 13.2 Å². The van der Waals surface area contributed by atoms with Gasteiger partial charge in [-0.15, -0.1) is 0 Å². The SMILES string of the molecule is COc1ccc([C@H]2CC(=O)C3=C(C2)Nc2ccccc2N(C(=O)C(F)(F)F)[C@@H]3c2ccc(Cl)cc2)cc1OC. The number of carbonyl (C=O) groups excluding carboxylic acids is 2. The second-order valence-electron chi connectivity index (χ2n) is 9.30. The maximum Gasteiger partial charge on any atom is 0.471 e. The summed E-state index contributed by atoms with van der Waals surface area (Å²) in [5, 5.41) is 3.58. The van der Waals surface area contributed by atoms with E-state index in [-0.39, 0.29) is 29.4 Å². The Balaban J connectivity index is 1.69. The number of fused-ring (bicyclic) bond motifs is 1. The third kappa shape index (κ3) is 4.94. The van der Waals surface area contributed by atoms with Gasteiger partial charge in [0, 0.05) is 22.7 Å². The lowest BCUT2D eigenvalue weighted by atomic mass is 9.78. The van der Waals surface area contributed by atoms with Crippen LogP contribution in [0.15, 0.2) is 78.0 Å². The van der Waals surface area contributed by atoms with Gasteiger partial charge >= 0.3 is 12.1 Å². The van der Waals surface area contributed by atoms with Gasteiger partial charge < -0.3 is 14.8 Å². The number of Topliss-reactive ketones (excluding diaryl/α,β-unsaturated/α-hetero) is 1. The minimum Gasteiger partial charge on any atom is -0.493 e. The molecule has 202 valence electrons. The predicted octanol–water partition coefficient (Wildman–Crippen LogP) is 6.82. The molecule has 1 aliphatic heterocycles. The molecule has 2 atom stereocenters. The molecule has 0 fully saturated rings. The third-order valence-corrected chi connectivity index (χ3v) is 7.27. The summed E-state index contributed by atoms with van der Waals surface area (Å²) in [5.74, 6) is -1.68. The van der Waals surface area contributed by atoms with Gasteiger partial charge in [-0.3, -0.25) is 14.5 Å². The highest BCUT2D eigenvalue weighted by atomic mass is 35.5. The number of nitrogens with one attached hydrogen (secondary N) is 1. The van der Waals surface area contributed by atoms with E-state index in [9.17, 15) is 22.8 Å². The first-order valence-electron chi connectivity index (χ1n) is 12.1. The second kappa shape index (κ2) is 10.3. The molecule has 0 unspecified atom stereocenters. The fourth-order valence-electron chi connectivity index (χ4n) is 5.25. The molecule has 1 heterocycles. The van der Waals surface area contributed by atoms with Crippen LogP contribution in [-0.4, -0.2) is 32.1 Å². The molecular weight excluding hydrogens is 533 g/mol. The molecule has 0 saturated carbocycles. The fourth-order valence-corrected chi connectivity index (χ4v) is 5.38. The molecule has 3 aromatic rings. The van der Waals surface area contributed by atoms with Crippen LogP contribution >= 0.6 is 11.6 Å². The number of nitrogens with zero attached hydrogens (tertiary/aromatic N) is 1. The van der Waals surface area contributed by atoms with Crippen molar-refractivity contribution >= 4 is 34.7 Å². The van der Waals surface area contributed by atoms with Crippen molar-refractivity contribution in [1.29, 1.82) is 0 Å². The van der Waals surface area contributed by atoms with Crippen molar-refractivity contribution in [2.45, 2.75) is 31.0 Å². The van der Waals surface area contributed by atoms with Crippen molar-refractivity contribution < 1.29 is 32.2 Å². The van der Waals surface area contributed by atoms with Gasteiger partial charge in [-0.05, 0) is 59.9 Å². The lowest BCUT2D eigenvalue weighted by Crippen LogP contribution is -2.45. The van der Waals surface area contributed by atoms with E-state index in [0.29, 0.717) is 44.8 Å². The smallest absolute Gasteiger partial charge is 0.471 e. The Labute approximate surface area is 228 Å². The Kier molecular flexibility index (Phi) is 7.03. The molecule has 1 aliphatic carbocycles. The number of ether oxygens (including phenoxy) is 2. The van der Waals surface area contributed by atoms with Crippen molar-refractivity contribution in [3.8, 4) is 11.5 Å². The number of para-hydroxylation sites is 2. The topological polar surface area (TPSA) is 67.9 Å². The molecule has 3 aromatic carbocycles. The molecule has 0 aromatic heterocycles. The van der Waals surface area contributed by atoms with Gasteiger partial charge in [0.25, 0.3) is 0 Å². The molecule has 0 radical (unpaired) electrons. The van der Waals surface area contributed by atoms with E-state index >= 15 is 0 Å². The Bertz CT molecular complexity index is 1470. The third-order valence-electron chi connectivity index (χ3n) is 7.01. The summed E-state index contributed by atoms with van der Waals surface area (Å²) < 4.78 is 52.7. The van der Waals surface area contributed by atoms with Crippen LogP contribution in [0.4, 0.5) is 24.5 Å². The van der Waals surface area contributed by atoms with E-state index in [1.165, 1.54) is 44.6 Å². The number of alkyl halides is 3. The number of carbonyl (C=O) groups is 2. The zero-order chi connectivity index (χ0) is 27.9. The molecule has 1 amide bonds. The van der Waals surface area contributed by atoms with Crippen LogP contribution in [0, 0.1) is 0 Å². The highest BCUT2D eigenvalue weighted by molar-refractivity contribution is 6.30. The Morgan fingerprint density at radius 1 is 0.949 bits per heavy atom. The lowest BCUT2D eigenvalue weighted by molar-refractivity contribution is -0.170. The first kappa shape index (κ1) is 26.6. The number of amides is 1. The minimum atomic E-state index is -5.18. The first-order chi connectivity index (χ1) is 18.6. The molecule has 39 heavy (non-hydrogen) atoms. The molecule has 6 nitrogen and oxygen atoms in total. The average molecular weight is 557 g/mol. The van der Waals surface area contributed by atoms with E-state index in [0.717, 1.165) is 5.56 Å². The number of ketones is 1. The summed E-state index contributed by atoms with van der Waals surface area (Å²) in [6.07, 6.45) is -4.82. The number of hydrogen-bond acceptors (Lipinski definition) is 5. The summed E-state index contributed by atoms with van der Waals surface area (Å²) in [4.78, 5) is 27.5. The zero-order valence-corrected chi connectivity index (χ0v) is 21.8. The van der Waals surface area contributed by atoms with E-state index in [4.69, 9.17) is 21.1 Å². The van der Waals surface area contributed by atoms with Gasteiger partial charge in [0.15, 0.2) is 17.3 Å². The Morgan fingerprint density at radius 2 is 1.62 bits per heavy atom. The average Bonchev–Trinajstić information content (AvgIpc) is 3.06. The second-order valence-corrected chi connectivity index (χ2v) is 9.74. The normalized spacial score (nSPS) is 19.0. The van der Waals surface area contributed by atoms with Crippen molar-refractivity contribution in [2.24, 2.45) is 0 Å². The van der Waals surface area contributed by atoms with Crippen LogP contribution in [0.1, 0.15) is 35.9 Å². The summed E-state index contributed by atoms with van der Waals surface area (Å²) in [5.41, 5.74) is 2.03. The summed E-state index contributed by atoms with van der Waals surface area (Å²) in [6, 6.07) is 16.4. The number of rotatable bonds is 4. The molecule has 0 saturated heterocycles. The highest BCUT2D eigenvalue weighted by Crippen LogP contribution is 2.49. The van der Waals surface area contributed by atoms with E-state index in [1.54, 1.807) is 30.3 Å². The highest BCUT2D eigenvalue weighted by Gasteiger charge is 2.50. The van der Waals surface area contributed by atoms with Crippen LogP contribution in [0.2, 0.25) is 5.02 Å². The maximum atomic E-state index is 14.0. The van der Waals surface area contributed by atoms with E-state index in [2.05, 4.69) is 5.32 Å². The van der Waals surface area contributed by atoms with Gasteiger partial charge in [0.2, 0.25) is 0 Å². The number of halogens is 4. The van der Waals surface area contributed by atoms with Crippen LogP contribution in [0.5, 0.6) is 11.5 Å². The van der Waals surface area contributed by atoms with Gasteiger partial charge in [-0.25, -0.2) is 0 Å². The molecule has 2 aliphatic rings. The van der Waals surface area contributed by atoms with Gasteiger partial charge in [0.05, 0.1) is 31.6 Å².